The third-order valence-corrected chi connectivity index (χ3v) is 6.36. The van der Waals surface area contributed by atoms with Gasteiger partial charge >= 0.3 is 0 Å². The summed E-state index contributed by atoms with van der Waals surface area (Å²) in [5, 5.41) is 0. The number of nitrogens with one attached hydrogen (secondary N) is 1. The van der Waals surface area contributed by atoms with E-state index in [2.05, 4.69) is 19.4 Å². The number of aryl methyl sites for hydroxylation is 2. The van der Waals surface area contributed by atoms with Crippen molar-refractivity contribution in [3.63, 3.8) is 0 Å². The maximum atomic E-state index is 13.0. The van der Waals surface area contributed by atoms with Crippen molar-refractivity contribution in [1.29, 1.82) is 0 Å². The second kappa shape index (κ2) is 7.76. The molecule has 2 aromatic carbocycles. The molecule has 0 fully saturated rings. The van der Waals surface area contributed by atoms with Gasteiger partial charge in [0.1, 0.15) is 15.8 Å². The van der Waals surface area contributed by atoms with Crippen molar-refractivity contribution in [2.45, 2.75) is 23.6 Å². The molecule has 0 spiro atoms. The number of hydrogen-bond donors (Lipinski definition) is 1. The third kappa shape index (κ3) is 5.06. The van der Waals surface area contributed by atoms with Crippen LogP contribution in [-0.2, 0) is 20.0 Å². The van der Waals surface area contributed by atoms with E-state index in [1.54, 1.807) is 19.9 Å². The second-order valence-electron chi connectivity index (χ2n) is 6.09. The Hall–Kier alpha value is -3.05. The average Bonchev–Trinajstić information content (AvgIpc) is 2.61. The first-order valence-electron chi connectivity index (χ1n) is 8.24. The Morgan fingerprint density at radius 2 is 1.34 bits per heavy atom. The molecule has 0 saturated heterocycles. The molecular formula is C18H16FN4O4S2-. The minimum Gasteiger partial charge on any atom is -0.573 e. The molecule has 0 saturated carbocycles. The van der Waals surface area contributed by atoms with Crippen molar-refractivity contribution in [3.8, 4) is 0 Å². The number of rotatable bonds is 6. The van der Waals surface area contributed by atoms with Crippen LogP contribution in [0.5, 0.6) is 0 Å². The highest BCUT2D eigenvalue weighted by molar-refractivity contribution is 7.94. The molecule has 0 radical (unpaired) electrons. The van der Waals surface area contributed by atoms with Gasteiger partial charge in [-0.05, 0) is 56.3 Å². The van der Waals surface area contributed by atoms with E-state index in [0.717, 1.165) is 24.3 Å². The van der Waals surface area contributed by atoms with Crippen molar-refractivity contribution in [2.75, 3.05) is 4.72 Å². The van der Waals surface area contributed by atoms with E-state index in [4.69, 9.17) is 0 Å². The quantitative estimate of drug-likeness (QED) is 0.633. The molecule has 0 unspecified atom stereocenters. The SMILES string of the molecule is Cc1cc(C)nc(NS(=O)(=O)c2ccc([N-]S(=O)(=O)c3ccc(F)cc3)cc2)n1. The van der Waals surface area contributed by atoms with Crippen LogP contribution in [0.3, 0.4) is 0 Å². The molecular weight excluding hydrogens is 419 g/mol. The molecule has 0 bridgehead atoms. The van der Waals surface area contributed by atoms with Crippen molar-refractivity contribution in [3.05, 3.63) is 76.5 Å². The van der Waals surface area contributed by atoms with Crippen LogP contribution in [0.1, 0.15) is 11.4 Å². The summed E-state index contributed by atoms with van der Waals surface area (Å²) in [6.45, 7) is 3.43. The fourth-order valence-corrected chi connectivity index (χ4v) is 4.36. The molecule has 1 N–H and O–H groups in total. The van der Waals surface area contributed by atoms with Crippen LogP contribution in [-0.4, -0.2) is 26.8 Å². The van der Waals surface area contributed by atoms with Crippen molar-refractivity contribution in [2.24, 2.45) is 0 Å². The van der Waals surface area contributed by atoms with Gasteiger partial charge in [0.25, 0.3) is 10.0 Å². The summed E-state index contributed by atoms with van der Waals surface area (Å²) in [7, 11) is -8.04. The molecule has 0 aliphatic carbocycles. The number of benzene rings is 2. The van der Waals surface area contributed by atoms with Gasteiger partial charge in [0, 0.05) is 11.4 Å². The summed E-state index contributed by atoms with van der Waals surface area (Å²) in [5.74, 6) is -0.631. The number of nitrogens with zero attached hydrogens (tertiary/aromatic N) is 3. The molecule has 0 atom stereocenters. The molecule has 1 aromatic heterocycles. The van der Waals surface area contributed by atoms with Gasteiger partial charge < -0.3 is 4.72 Å². The predicted octanol–water partition coefficient (Wildman–Crippen LogP) is 3.43. The average molecular weight is 435 g/mol. The summed E-state index contributed by atoms with van der Waals surface area (Å²) in [6, 6.07) is 10.8. The lowest BCUT2D eigenvalue weighted by atomic mass is 10.3. The molecule has 1 heterocycles. The van der Waals surface area contributed by atoms with Crippen molar-refractivity contribution in [1.82, 2.24) is 9.97 Å². The van der Waals surface area contributed by atoms with Gasteiger partial charge in [0.05, 0.1) is 9.79 Å². The normalized spacial score (nSPS) is 11.8. The van der Waals surface area contributed by atoms with Crippen LogP contribution in [0.2, 0.25) is 0 Å². The monoisotopic (exact) mass is 435 g/mol. The Kier molecular flexibility index (Phi) is 5.53. The van der Waals surface area contributed by atoms with Gasteiger partial charge in [0.2, 0.25) is 5.95 Å². The number of anilines is 1. The van der Waals surface area contributed by atoms with Gasteiger partial charge in [-0.15, -0.1) is 5.69 Å². The Morgan fingerprint density at radius 1 is 0.828 bits per heavy atom. The molecule has 8 nitrogen and oxygen atoms in total. The molecule has 0 aliphatic heterocycles. The lowest BCUT2D eigenvalue weighted by Crippen LogP contribution is -2.15. The molecule has 11 heteroatoms. The van der Waals surface area contributed by atoms with Crippen molar-refractivity contribution >= 4 is 31.7 Å². The summed E-state index contributed by atoms with van der Waals surface area (Å²) in [4.78, 5) is 7.76. The number of aromatic nitrogens is 2. The van der Waals surface area contributed by atoms with E-state index in [0.29, 0.717) is 11.4 Å². The number of sulfonamides is 2. The molecule has 3 rings (SSSR count). The van der Waals surface area contributed by atoms with E-state index in [9.17, 15) is 21.2 Å². The Labute approximate surface area is 168 Å². The maximum Gasteiger partial charge on any atom is 0.264 e. The lowest BCUT2D eigenvalue weighted by molar-refractivity contribution is 0.599. The van der Waals surface area contributed by atoms with Gasteiger partial charge in [-0.1, -0.05) is 12.1 Å². The smallest absolute Gasteiger partial charge is 0.264 e. The zero-order chi connectivity index (χ0) is 21.2. The first-order chi connectivity index (χ1) is 13.5. The zero-order valence-corrected chi connectivity index (χ0v) is 17.0. The largest absolute Gasteiger partial charge is 0.573 e. The van der Waals surface area contributed by atoms with Crippen LogP contribution < -0.4 is 4.72 Å². The number of halogens is 1. The van der Waals surface area contributed by atoms with Gasteiger partial charge in [-0.25, -0.2) is 35.9 Å². The minimum absolute atomic E-state index is 0.0240. The highest BCUT2D eigenvalue weighted by Gasteiger charge is 2.16. The Morgan fingerprint density at radius 3 is 1.90 bits per heavy atom. The lowest BCUT2D eigenvalue weighted by Gasteiger charge is -2.22. The molecule has 29 heavy (non-hydrogen) atoms. The van der Waals surface area contributed by atoms with Crippen LogP contribution in [0.25, 0.3) is 4.72 Å². The van der Waals surface area contributed by atoms with Crippen LogP contribution in [0.4, 0.5) is 16.0 Å². The van der Waals surface area contributed by atoms with Crippen molar-refractivity contribution < 1.29 is 21.2 Å². The van der Waals surface area contributed by atoms with E-state index in [1.165, 1.54) is 24.3 Å². The predicted molar refractivity (Wildman–Crippen MR) is 105 cm³/mol. The fraction of sp³-hybridized carbons (Fsp3) is 0.111. The van der Waals surface area contributed by atoms with E-state index in [-0.39, 0.29) is 21.4 Å². The highest BCUT2D eigenvalue weighted by Crippen LogP contribution is 2.29. The highest BCUT2D eigenvalue weighted by atomic mass is 32.2. The molecule has 3 aromatic rings. The van der Waals surface area contributed by atoms with Gasteiger partial charge in [-0.3, -0.25) is 0 Å². The maximum absolute atomic E-state index is 13.0. The summed E-state index contributed by atoms with van der Waals surface area (Å²) < 4.78 is 68.4. The molecule has 0 amide bonds. The summed E-state index contributed by atoms with van der Waals surface area (Å²) in [6.07, 6.45) is 0. The summed E-state index contributed by atoms with van der Waals surface area (Å²) in [5.41, 5.74) is 1.24. The Balaban J connectivity index is 1.79. The standard InChI is InChI=1S/C18H16FN4O4S2/c1-12-11-13(2)21-18(20-12)23-29(26,27)17-9-5-15(6-10-17)22-28(24,25)16-7-3-14(19)4-8-16/h3-11H,1-2H3,(H,20,21,23)/q-1. The van der Waals surface area contributed by atoms with Crippen LogP contribution >= 0.6 is 0 Å². The van der Waals surface area contributed by atoms with E-state index in [1.807, 2.05) is 0 Å². The van der Waals surface area contributed by atoms with E-state index < -0.39 is 25.9 Å². The number of hydrogen-bond acceptors (Lipinski definition) is 6. The Bertz CT molecular complexity index is 1220. The molecule has 152 valence electrons. The van der Waals surface area contributed by atoms with Crippen LogP contribution in [0, 0.1) is 19.7 Å². The topological polar surface area (TPSA) is 120 Å². The zero-order valence-electron chi connectivity index (χ0n) is 15.4. The summed E-state index contributed by atoms with van der Waals surface area (Å²) >= 11 is 0. The van der Waals surface area contributed by atoms with E-state index >= 15 is 0 Å². The fourth-order valence-electron chi connectivity index (χ4n) is 2.43. The third-order valence-electron chi connectivity index (χ3n) is 3.69. The second-order valence-corrected chi connectivity index (χ2v) is 9.38. The van der Waals surface area contributed by atoms with Gasteiger partial charge in [0.15, 0.2) is 0 Å². The van der Waals surface area contributed by atoms with Gasteiger partial charge in [-0.2, -0.15) is 0 Å². The first kappa shape index (κ1) is 20.7. The minimum atomic E-state index is -4.06. The molecule has 0 aliphatic rings. The first-order valence-corrected chi connectivity index (χ1v) is 11.2. The van der Waals surface area contributed by atoms with Crippen LogP contribution in [0.15, 0.2) is 64.4 Å².